The van der Waals surface area contributed by atoms with Crippen LogP contribution in [0, 0.1) is 0 Å². The molecule has 52 heavy (non-hydrogen) atoms. The van der Waals surface area contributed by atoms with Crippen LogP contribution < -0.4 is 0 Å². The first-order valence-corrected chi connectivity index (χ1v) is 18.8. The van der Waals surface area contributed by atoms with E-state index in [1.807, 2.05) is 36.4 Å². The maximum absolute atomic E-state index is 6.48. The van der Waals surface area contributed by atoms with Gasteiger partial charge in [-0.1, -0.05) is 130 Å². The predicted octanol–water partition coefficient (Wildman–Crippen LogP) is 12.9. The number of hydrogen-bond donors (Lipinski definition) is 0. The van der Waals surface area contributed by atoms with Gasteiger partial charge in [-0.3, -0.25) is 0 Å². The topological polar surface area (TPSA) is 38.9 Å². The van der Waals surface area contributed by atoms with Crippen molar-refractivity contribution < 1.29 is 4.42 Å². The van der Waals surface area contributed by atoms with Crippen molar-refractivity contribution in [1.82, 2.24) is 9.97 Å². The first-order valence-electron chi connectivity index (χ1n) is 18.8. The lowest BCUT2D eigenvalue weighted by Crippen LogP contribution is -2.28. The zero-order chi connectivity index (χ0) is 34.6. The minimum Gasteiger partial charge on any atom is -0.452 e. The van der Waals surface area contributed by atoms with Gasteiger partial charge in [0.1, 0.15) is 16.8 Å². The molecule has 3 nitrogen and oxygen atoms in total. The molecule has 0 aliphatic heterocycles. The van der Waals surface area contributed by atoms with Crippen LogP contribution in [0.3, 0.4) is 0 Å². The highest BCUT2D eigenvalue weighted by molar-refractivity contribution is 6.07. The molecule has 2 aromatic heterocycles. The van der Waals surface area contributed by atoms with Gasteiger partial charge in [-0.05, 0) is 105 Å². The number of aromatic nitrogens is 2. The van der Waals surface area contributed by atoms with E-state index in [9.17, 15) is 0 Å². The molecule has 0 atom stereocenters. The summed E-state index contributed by atoms with van der Waals surface area (Å²) in [6.45, 7) is 4.80. The van der Waals surface area contributed by atoms with E-state index < -0.39 is 0 Å². The summed E-state index contributed by atoms with van der Waals surface area (Å²) < 4.78 is 6.48. The molecule has 8 aromatic rings. The highest BCUT2D eigenvalue weighted by Crippen LogP contribution is 2.60. The first-order chi connectivity index (χ1) is 25.5. The number of fused-ring (bicyclic) bond motifs is 11. The minimum atomic E-state index is -0.0843. The lowest BCUT2D eigenvalue weighted by molar-refractivity contribution is 0.353. The van der Waals surface area contributed by atoms with Gasteiger partial charge in [-0.15, -0.1) is 0 Å². The third kappa shape index (κ3) is 4.14. The number of hydrogen-bond acceptors (Lipinski definition) is 3. The van der Waals surface area contributed by atoms with Crippen molar-refractivity contribution in [3.8, 4) is 56.0 Å². The Morgan fingerprint density at radius 1 is 0.500 bits per heavy atom. The first kappa shape index (κ1) is 29.9. The average Bonchev–Trinajstić information content (AvgIpc) is 3.78. The third-order valence-electron chi connectivity index (χ3n) is 12.5. The Balaban J connectivity index is 1.07. The molecule has 3 aliphatic carbocycles. The van der Waals surface area contributed by atoms with Crippen LogP contribution >= 0.6 is 0 Å². The molecule has 0 amide bonds. The van der Waals surface area contributed by atoms with Crippen molar-refractivity contribution in [2.24, 2.45) is 0 Å². The molecule has 1 spiro atoms. The third-order valence-corrected chi connectivity index (χ3v) is 12.5. The molecule has 3 aliphatic rings. The van der Waals surface area contributed by atoms with Gasteiger partial charge in [-0.25, -0.2) is 9.97 Å². The minimum absolute atomic E-state index is 0.0843. The molecule has 6 aromatic carbocycles. The van der Waals surface area contributed by atoms with Gasteiger partial charge >= 0.3 is 0 Å². The molecule has 0 radical (unpaired) electrons. The molecule has 0 unspecified atom stereocenters. The Kier molecular flexibility index (Phi) is 6.24. The fourth-order valence-corrected chi connectivity index (χ4v) is 9.92. The maximum Gasteiger partial charge on any atom is 0.180 e. The monoisotopic (exact) mass is 670 g/mol. The number of furan rings is 1. The van der Waals surface area contributed by atoms with Crippen LogP contribution in [0.2, 0.25) is 0 Å². The standard InChI is InChI=1S/C49H38N2O/c1-48(2)39-23-22-32(27-36(39)38-29-42-37(28-41(38)48)34-18-7-9-20-40(34)49(42)24-11-4-12-25-49)31-16-13-17-33(26-31)44-46-45(35-19-8-10-21-43(35)52-46)51-47(50-44)30-14-5-3-6-15-30/h3,5-10,13-23,26-29H,4,11-12,24-25H2,1-2H3. The Bertz CT molecular complexity index is 2750. The predicted molar refractivity (Wildman–Crippen MR) is 212 cm³/mol. The van der Waals surface area contributed by atoms with Crippen LogP contribution in [0.5, 0.6) is 0 Å². The van der Waals surface area contributed by atoms with E-state index >= 15 is 0 Å². The van der Waals surface area contributed by atoms with Gasteiger partial charge in [0.2, 0.25) is 0 Å². The summed E-state index contributed by atoms with van der Waals surface area (Å²) in [7, 11) is 0. The molecule has 0 saturated heterocycles. The number of rotatable bonds is 3. The zero-order valence-corrected chi connectivity index (χ0v) is 29.5. The molecule has 1 fully saturated rings. The number of nitrogens with zero attached hydrogens (tertiary/aromatic N) is 2. The van der Waals surface area contributed by atoms with Crippen LogP contribution in [0.1, 0.15) is 68.2 Å². The average molecular weight is 671 g/mol. The summed E-state index contributed by atoms with van der Waals surface area (Å²) in [6.07, 6.45) is 6.42. The molecular weight excluding hydrogens is 633 g/mol. The van der Waals surface area contributed by atoms with Crippen molar-refractivity contribution in [3.63, 3.8) is 0 Å². The van der Waals surface area contributed by atoms with Gasteiger partial charge in [0.15, 0.2) is 11.4 Å². The van der Waals surface area contributed by atoms with E-state index in [0.29, 0.717) is 11.4 Å². The Morgan fingerprint density at radius 2 is 1.19 bits per heavy atom. The summed E-state index contributed by atoms with van der Waals surface area (Å²) in [5.74, 6) is 0.696. The van der Waals surface area contributed by atoms with E-state index in [1.165, 1.54) is 71.0 Å². The second-order valence-corrected chi connectivity index (χ2v) is 15.6. The second-order valence-electron chi connectivity index (χ2n) is 15.6. The van der Waals surface area contributed by atoms with E-state index in [0.717, 1.165) is 38.9 Å². The summed E-state index contributed by atoms with van der Waals surface area (Å²) >= 11 is 0. The Morgan fingerprint density at radius 3 is 2.08 bits per heavy atom. The number of para-hydroxylation sites is 1. The smallest absolute Gasteiger partial charge is 0.180 e. The van der Waals surface area contributed by atoms with Crippen LogP contribution in [-0.4, -0.2) is 9.97 Å². The molecule has 250 valence electrons. The van der Waals surface area contributed by atoms with Crippen molar-refractivity contribution in [2.45, 2.75) is 56.8 Å². The largest absolute Gasteiger partial charge is 0.452 e. The molecule has 0 N–H and O–H groups in total. The normalized spacial score (nSPS) is 16.2. The van der Waals surface area contributed by atoms with E-state index in [-0.39, 0.29) is 10.8 Å². The summed E-state index contributed by atoms with van der Waals surface area (Å²) in [4.78, 5) is 10.2. The fourth-order valence-electron chi connectivity index (χ4n) is 9.92. The zero-order valence-electron chi connectivity index (χ0n) is 29.5. The molecule has 2 heterocycles. The van der Waals surface area contributed by atoms with Crippen LogP contribution in [-0.2, 0) is 10.8 Å². The van der Waals surface area contributed by atoms with Gasteiger partial charge in [-0.2, -0.15) is 0 Å². The Labute approximate surface area is 304 Å². The van der Waals surface area contributed by atoms with Gasteiger partial charge in [0.05, 0.1) is 0 Å². The molecule has 1 saturated carbocycles. The van der Waals surface area contributed by atoms with E-state index in [4.69, 9.17) is 14.4 Å². The maximum atomic E-state index is 6.48. The summed E-state index contributed by atoms with van der Waals surface area (Å²) in [6, 6.07) is 48.7. The van der Waals surface area contributed by atoms with Crippen molar-refractivity contribution in [3.05, 3.63) is 156 Å². The quantitative estimate of drug-likeness (QED) is 0.188. The second kappa shape index (κ2) is 10.9. The molecule has 11 rings (SSSR count). The molecule has 3 heteroatoms. The SMILES string of the molecule is CC1(C)c2ccc(-c3cccc(-c4nc(-c5ccccc5)nc5c4oc4ccccc45)c3)cc2-c2cc3c(cc21)-c1ccccc1C31CCCCC1. The van der Waals surface area contributed by atoms with E-state index in [1.54, 1.807) is 11.1 Å². The molecular formula is C49H38N2O. The van der Waals surface area contributed by atoms with Crippen LogP contribution in [0.15, 0.2) is 138 Å². The van der Waals surface area contributed by atoms with Crippen molar-refractivity contribution >= 4 is 22.1 Å². The lowest BCUT2D eigenvalue weighted by Gasteiger charge is -2.36. The van der Waals surface area contributed by atoms with E-state index in [2.05, 4.69) is 111 Å². The Hall–Kier alpha value is -5.80. The lowest BCUT2D eigenvalue weighted by atomic mass is 9.67. The van der Waals surface area contributed by atoms with Crippen molar-refractivity contribution in [2.75, 3.05) is 0 Å². The van der Waals surface area contributed by atoms with Crippen molar-refractivity contribution in [1.29, 1.82) is 0 Å². The highest BCUT2D eigenvalue weighted by Gasteiger charge is 2.46. The highest BCUT2D eigenvalue weighted by atomic mass is 16.3. The van der Waals surface area contributed by atoms with Crippen LogP contribution in [0.25, 0.3) is 78.1 Å². The van der Waals surface area contributed by atoms with Gasteiger partial charge in [0, 0.05) is 27.3 Å². The summed E-state index contributed by atoms with van der Waals surface area (Å²) in [5, 5.41) is 0.999. The number of benzene rings is 6. The van der Waals surface area contributed by atoms with Gasteiger partial charge in [0.25, 0.3) is 0 Å². The van der Waals surface area contributed by atoms with Gasteiger partial charge < -0.3 is 4.42 Å². The fraction of sp³-hybridized carbons (Fsp3) is 0.184. The van der Waals surface area contributed by atoms with Crippen LogP contribution in [0.4, 0.5) is 0 Å². The molecule has 0 bridgehead atoms. The summed E-state index contributed by atoms with van der Waals surface area (Å²) in [5.41, 5.74) is 19.2.